The summed E-state index contributed by atoms with van der Waals surface area (Å²) in [7, 11) is 0. The SMILES string of the molecule is Nc1ccc(SCc2ccc(CO)cc2)cc1Cl. The van der Waals surface area contributed by atoms with Crippen LogP contribution in [0.2, 0.25) is 5.02 Å². The van der Waals surface area contributed by atoms with E-state index in [4.69, 9.17) is 22.4 Å². The van der Waals surface area contributed by atoms with Crippen molar-refractivity contribution in [2.24, 2.45) is 0 Å². The molecule has 4 heteroatoms. The second-order valence-electron chi connectivity index (χ2n) is 3.95. The van der Waals surface area contributed by atoms with Crippen LogP contribution in [0.15, 0.2) is 47.4 Å². The van der Waals surface area contributed by atoms with Crippen molar-refractivity contribution in [1.29, 1.82) is 0 Å². The molecule has 0 spiro atoms. The first kappa shape index (κ1) is 13.3. The Morgan fingerprint density at radius 2 is 1.72 bits per heavy atom. The minimum atomic E-state index is 0.0843. The Morgan fingerprint density at radius 1 is 1.06 bits per heavy atom. The molecule has 0 amide bonds. The predicted molar refractivity (Wildman–Crippen MR) is 77.8 cm³/mol. The number of aliphatic hydroxyl groups is 1. The molecule has 0 aliphatic heterocycles. The molecular weight excluding hydrogens is 266 g/mol. The Bertz CT molecular complexity index is 528. The fraction of sp³-hybridized carbons (Fsp3) is 0.143. The molecule has 0 bridgehead atoms. The molecule has 2 rings (SSSR count). The van der Waals surface area contributed by atoms with Gasteiger partial charge in [0.2, 0.25) is 0 Å². The minimum absolute atomic E-state index is 0.0843. The highest BCUT2D eigenvalue weighted by Gasteiger charge is 2.00. The molecule has 0 fully saturated rings. The largest absolute Gasteiger partial charge is 0.398 e. The van der Waals surface area contributed by atoms with E-state index in [1.807, 2.05) is 42.5 Å². The number of benzene rings is 2. The number of rotatable bonds is 4. The van der Waals surface area contributed by atoms with E-state index in [-0.39, 0.29) is 6.61 Å². The highest BCUT2D eigenvalue weighted by molar-refractivity contribution is 7.98. The van der Waals surface area contributed by atoms with Crippen molar-refractivity contribution >= 4 is 29.1 Å². The maximum absolute atomic E-state index is 8.96. The topological polar surface area (TPSA) is 46.2 Å². The Kier molecular flexibility index (Phi) is 4.53. The lowest BCUT2D eigenvalue weighted by Crippen LogP contribution is -1.87. The lowest BCUT2D eigenvalue weighted by molar-refractivity contribution is 0.282. The Balaban J connectivity index is 1.99. The molecule has 0 aromatic heterocycles. The van der Waals surface area contributed by atoms with Crippen molar-refractivity contribution < 1.29 is 5.11 Å². The Hall–Kier alpha value is -1.16. The molecule has 3 N–H and O–H groups in total. The first-order valence-electron chi connectivity index (χ1n) is 5.55. The quantitative estimate of drug-likeness (QED) is 0.662. The van der Waals surface area contributed by atoms with Gasteiger partial charge in [0.15, 0.2) is 0 Å². The fourth-order valence-electron chi connectivity index (χ4n) is 1.51. The van der Waals surface area contributed by atoms with E-state index in [9.17, 15) is 0 Å². The van der Waals surface area contributed by atoms with E-state index >= 15 is 0 Å². The fourth-order valence-corrected chi connectivity index (χ4v) is 2.64. The average molecular weight is 280 g/mol. The summed E-state index contributed by atoms with van der Waals surface area (Å²) in [5.74, 6) is 0.867. The molecule has 94 valence electrons. The third kappa shape index (κ3) is 3.42. The van der Waals surface area contributed by atoms with Gasteiger partial charge in [0.1, 0.15) is 0 Å². The van der Waals surface area contributed by atoms with Gasteiger partial charge in [-0.05, 0) is 29.3 Å². The predicted octanol–water partition coefficient (Wildman–Crippen LogP) is 3.71. The van der Waals surface area contributed by atoms with Crippen molar-refractivity contribution in [3.05, 3.63) is 58.6 Å². The van der Waals surface area contributed by atoms with Crippen LogP contribution in [0.4, 0.5) is 5.69 Å². The molecule has 2 aromatic rings. The van der Waals surface area contributed by atoms with Gasteiger partial charge in [-0.3, -0.25) is 0 Å². The molecule has 0 aliphatic carbocycles. The summed E-state index contributed by atoms with van der Waals surface area (Å²) in [6.45, 7) is 0.0843. The van der Waals surface area contributed by atoms with E-state index < -0.39 is 0 Å². The Labute approximate surface area is 116 Å². The summed E-state index contributed by atoms with van der Waals surface area (Å²) < 4.78 is 0. The molecule has 0 heterocycles. The molecule has 0 radical (unpaired) electrons. The zero-order valence-electron chi connectivity index (χ0n) is 9.77. The number of aliphatic hydroxyl groups excluding tert-OH is 1. The number of anilines is 1. The van der Waals surface area contributed by atoms with Crippen molar-refractivity contribution in [3.8, 4) is 0 Å². The molecule has 0 saturated heterocycles. The van der Waals surface area contributed by atoms with Gasteiger partial charge < -0.3 is 10.8 Å². The van der Waals surface area contributed by atoms with Crippen LogP contribution in [0.25, 0.3) is 0 Å². The third-order valence-electron chi connectivity index (χ3n) is 2.58. The molecule has 0 atom stereocenters. The highest BCUT2D eigenvalue weighted by Crippen LogP contribution is 2.28. The summed E-state index contributed by atoms with van der Waals surface area (Å²) in [6, 6.07) is 13.6. The van der Waals surface area contributed by atoms with E-state index in [2.05, 4.69) is 0 Å². The number of nitrogens with two attached hydrogens (primary N) is 1. The number of thioether (sulfide) groups is 1. The normalized spacial score (nSPS) is 10.6. The molecule has 18 heavy (non-hydrogen) atoms. The Morgan fingerprint density at radius 3 is 2.33 bits per heavy atom. The van der Waals surface area contributed by atoms with Crippen LogP contribution in [0.3, 0.4) is 0 Å². The monoisotopic (exact) mass is 279 g/mol. The van der Waals surface area contributed by atoms with Crippen molar-refractivity contribution in [2.75, 3.05) is 5.73 Å². The van der Waals surface area contributed by atoms with Crippen LogP contribution in [0.1, 0.15) is 11.1 Å². The van der Waals surface area contributed by atoms with Gasteiger partial charge >= 0.3 is 0 Å². The lowest BCUT2D eigenvalue weighted by Gasteiger charge is -2.05. The molecule has 0 unspecified atom stereocenters. The summed E-state index contributed by atoms with van der Waals surface area (Å²) in [4.78, 5) is 1.10. The zero-order valence-corrected chi connectivity index (χ0v) is 11.3. The summed E-state index contributed by atoms with van der Waals surface area (Å²) in [6.07, 6.45) is 0. The van der Waals surface area contributed by atoms with Crippen LogP contribution in [0.5, 0.6) is 0 Å². The van der Waals surface area contributed by atoms with Crippen LogP contribution >= 0.6 is 23.4 Å². The zero-order chi connectivity index (χ0) is 13.0. The second-order valence-corrected chi connectivity index (χ2v) is 5.40. The van der Waals surface area contributed by atoms with E-state index in [0.29, 0.717) is 10.7 Å². The van der Waals surface area contributed by atoms with Crippen molar-refractivity contribution in [1.82, 2.24) is 0 Å². The van der Waals surface area contributed by atoms with E-state index in [1.54, 1.807) is 11.8 Å². The lowest BCUT2D eigenvalue weighted by atomic mass is 10.2. The summed E-state index contributed by atoms with van der Waals surface area (Å²) in [5, 5.41) is 9.55. The smallest absolute Gasteiger partial charge is 0.0681 e. The van der Waals surface area contributed by atoms with Gasteiger partial charge in [-0.1, -0.05) is 35.9 Å². The second kappa shape index (κ2) is 6.14. The van der Waals surface area contributed by atoms with Gasteiger partial charge in [0, 0.05) is 10.6 Å². The number of halogens is 1. The third-order valence-corrected chi connectivity index (χ3v) is 3.98. The average Bonchev–Trinajstić information content (AvgIpc) is 2.41. The first-order valence-corrected chi connectivity index (χ1v) is 6.92. The van der Waals surface area contributed by atoms with Crippen LogP contribution in [0, 0.1) is 0 Å². The first-order chi connectivity index (χ1) is 8.69. The van der Waals surface area contributed by atoms with Crippen LogP contribution in [-0.2, 0) is 12.4 Å². The van der Waals surface area contributed by atoms with Gasteiger partial charge in [0.25, 0.3) is 0 Å². The standard InChI is InChI=1S/C14H14ClNOS/c15-13-7-12(5-6-14(13)16)18-9-11-3-1-10(8-17)2-4-11/h1-7,17H,8-9,16H2. The molecule has 0 saturated carbocycles. The summed E-state index contributed by atoms with van der Waals surface area (Å²) in [5.41, 5.74) is 8.41. The van der Waals surface area contributed by atoms with Gasteiger partial charge in [-0.25, -0.2) is 0 Å². The number of nitrogen functional groups attached to an aromatic ring is 1. The van der Waals surface area contributed by atoms with Gasteiger partial charge in [-0.2, -0.15) is 0 Å². The van der Waals surface area contributed by atoms with Crippen LogP contribution in [-0.4, -0.2) is 5.11 Å². The molecular formula is C14H14ClNOS. The maximum atomic E-state index is 8.96. The molecule has 0 aliphatic rings. The minimum Gasteiger partial charge on any atom is -0.398 e. The maximum Gasteiger partial charge on any atom is 0.0681 e. The molecule has 2 aromatic carbocycles. The van der Waals surface area contributed by atoms with E-state index in [1.165, 1.54) is 5.56 Å². The van der Waals surface area contributed by atoms with Gasteiger partial charge in [-0.15, -0.1) is 11.8 Å². The van der Waals surface area contributed by atoms with E-state index in [0.717, 1.165) is 16.2 Å². The van der Waals surface area contributed by atoms with Gasteiger partial charge in [0.05, 0.1) is 17.3 Å². The summed E-state index contributed by atoms with van der Waals surface area (Å²) >= 11 is 7.68. The number of hydrogen-bond donors (Lipinski definition) is 2. The van der Waals surface area contributed by atoms with Crippen LogP contribution < -0.4 is 5.73 Å². The van der Waals surface area contributed by atoms with Crippen molar-refractivity contribution in [2.45, 2.75) is 17.3 Å². The number of hydrogen-bond acceptors (Lipinski definition) is 3. The molecule has 2 nitrogen and oxygen atoms in total. The van der Waals surface area contributed by atoms with Crippen molar-refractivity contribution in [3.63, 3.8) is 0 Å². The highest BCUT2D eigenvalue weighted by atomic mass is 35.5.